The summed E-state index contributed by atoms with van der Waals surface area (Å²) in [5.74, 6) is 1.39. The van der Waals surface area contributed by atoms with Gasteiger partial charge in [-0.3, -0.25) is 9.79 Å². The summed E-state index contributed by atoms with van der Waals surface area (Å²) < 4.78 is 24.4. The van der Waals surface area contributed by atoms with Crippen molar-refractivity contribution in [3.05, 3.63) is 12.2 Å². The summed E-state index contributed by atoms with van der Waals surface area (Å²) in [6.45, 7) is 1.66. The van der Waals surface area contributed by atoms with Crippen LogP contribution in [0.15, 0.2) is 17.1 Å². The van der Waals surface area contributed by atoms with Crippen LogP contribution in [-0.4, -0.2) is 36.8 Å². The number of carbonyl (C=O) groups is 1. The van der Waals surface area contributed by atoms with Crippen molar-refractivity contribution in [1.29, 1.82) is 0 Å². The van der Waals surface area contributed by atoms with Gasteiger partial charge in [-0.25, -0.2) is 8.78 Å². The molecule has 0 aromatic carbocycles. The number of carbonyl (C=O) groups excluding carboxylic acids is 1. The fourth-order valence-electron chi connectivity index (χ4n) is 3.74. The van der Waals surface area contributed by atoms with E-state index in [2.05, 4.69) is 10.6 Å². The molecule has 4 nitrogen and oxygen atoms in total. The molecule has 3 aliphatic rings. The molecule has 6 heteroatoms. The van der Waals surface area contributed by atoms with E-state index in [0.717, 1.165) is 63.5 Å². The molecule has 2 fully saturated rings. The third-order valence-corrected chi connectivity index (χ3v) is 5.12. The van der Waals surface area contributed by atoms with Crippen LogP contribution in [0.2, 0.25) is 0 Å². The van der Waals surface area contributed by atoms with Crippen LogP contribution < -0.4 is 10.6 Å². The molecule has 1 aliphatic carbocycles. The van der Waals surface area contributed by atoms with Crippen molar-refractivity contribution in [3.8, 4) is 0 Å². The average molecular weight is 311 g/mol. The molecule has 2 N–H and O–H groups in total. The smallest absolute Gasteiger partial charge is 0.257 e. The Morgan fingerprint density at radius 1 is 1.18 bits per heavy atom. The minimum absolute atomic E-state index is 0.0451. The lowest BCUT2D eigenvalue weighted by Gasteiger charge is -2.28. The summed E-state index contributed by atoms with van der Waals surface area (Å²) >= 11 is 0. The first-order valence-electron chi connectivity index (χ1n) is 8.17. The van der Waals surface area contributed by atoms with E-state index in [0.29, 0.717) is 0 Å². The number of halogens is 2. The molecule has 1 saturated carbocycles. The number of rotatable bonds is 3. The first-order valence-corrected chi connectivity index (χ1v) is 8.17. The maximum absolute atomic E-state index is 12.3. The van der Waals surface area contributed by atoms with Gasteiger partial charge >= 0.3 is 0 Å². The summed E-state index contributed by atoms with van der Waals surface area (Å²) in [6.07, 6.45) is 5.38. The zero-order chi connectivity index (χ0) is 15.6. The van der Waals surface area contributed by atoms with E-state index < -0.39 is 12.0 Å². The standard InChI is InChI=1S/C16H23F2N3O/c17-13(18)6-3-11-1-4-12(5-2-11)14-20-15(22)16(21-14)7-9-19-10-8-16/h3,6,11-13,19H,1-2,4-5,7-10H2,(H,20,21,22). The number of amides is 1. The Balaban J connectivity index is 1.60. The monoisotopic (exact) mass is 311 g/mol. The summed E-state index contributed by atoms with van der Waals surface area (Å²) in [4.78, 5) is 17.1. The predicted octanol–water partition coefficient (Wildman–Crippen LogP) is 2.26. The first kappa shape index (κ1) is 15.6. The molecule has 3 rings (SSSR count). The quantitative estimate of drug-likeness (QED) is 0.786. The summed E-state index contributed by atoms with van der Waals surface area (Å²) in [6, 6.07) is 0. The molecule has 1 saturated heterocycles. The number of hydrogen-bond donors (Lipinski definition) is 2. The molecule has 0 radical (unpaired) electrons. The van der Waals surface area contributed by atoms with Crippen molar-refractivity contribution in [1.82, 2.24) is 10.6 Å². The lowest BCUT2D eigenvalue weighted by Crippen LogP contribution is -2.47. The maximum Gasteiger partial charge on any atom is 0.257 e. The molecule has 0 atom stereocenters. The normalized spacial score (nSPS) is 31.8. The van der Waals surface area contributed by atoms with Crippen molar-refractivity contribution < 1.29 is 13.6 Å². The Bertz CT molecular complexity index is 476. The molecular weight excluding hydrogens is 288 g/mol. The first-order chi connectivity index (χ1) is 10.6. The highest BCUT2D eigenvalue weighted by atomic mass is 19.3. The van der Waals surface area contributed by atoms with E-state index in [9.17, 15) is 13.6 Å². The second-order valence-corrected chi connectivity index (χ2v) is 6.56. The molecule has 1 amide bonds. The number of amidine groups is 1. The van der Waals surface area contributed by atoms with E-state index in [1.165, 1.54) is 0 Å². The number of alkyl halides is 2. The highest BCUT2D eigenvalue weighted by Gasteiger charge is 2.45. The van der Waals surface area contributed by atoms with Crippen molar-refractivity contribution in [2.75, 3.05) is 13.1 Å². The highest BCUT2D eigenvalue weighted by molar-refractivity contribution is 6.09. The van der Waals surface area contributed by atoms with Gasteiger partial charge in [-0.05, 0) is 63.6 Å². The van der Waals surface area contributed by atoms with Crippen molar-refractivity contribution in [2.45, 2.75) is 50.5 Å². The molecule has 2 heterocycles. The second kappa shape index (κ2) is 6.44. The van der Waals surface area contributed by atoms with E-state index >= 15 is 0 Å². The van der Waals surface area contributed by atoms with Crippen molar-refractivity contribution in [3.63, 3.8) is 0 Å². The lowest BCUT2D eigenvalue weighted by molar-refractivity contribution is -0.124. The largest absolute Gasteiger partial charge is 0.317 e. The topological polar surface area (TPSA) is 53.5 Å². The third kappa shape index (κ3) is 3.21. The second-order valence-electron chi connectivity index (χ2n) is 6.56. The number of hydrogen-bond acceptors (Lipinski definition) is 3. The number of allylic oxidation sites excluding steroid dienone is 2. The lowest BCUT2D eigenvalue weighted by atomic mass is 9.81. The molecule has 0 aromatic rings. The number of nitrogens with zero attached hydrogens (tertiary/aromatic N) is 1. The number of aliphatic imine (C=N–C) groups is 1. The van der Waals surface area contributed by atoms with Crippen LogP contribution in [0.3, 0.4) is 0 Å². The van der Waals surface area contributed by atoms with Gasteiger partial charge in [0.2, 0.25) is 0 Å². The molecular formula is C16H23F2N3O. The zero-order valence-electron chi connectivity index (χ0n) is 12.7. The highest BCUT2D eigenvalue weighted by Crippen LogP contribution is 2.34. The van der Waals surface area contributed by atoms with E-state index in [4.69, 9.17) is 4.99 Å². The molecule has 0 unspecified atom stereocenters. The van der Waals surface area contributed by atoms with Crippen molar-refractivity contribution >= 4 is 11.7 Å². The fourth-order valence-corrected chi connectivity index (χ4v) is 3.74. The van der Waals surface area contributed by atoms with Gasteiger partial charge < -0.3 is 10.6 Å². The average Bonchev–Trinajstić information content (AvgIpc) is 2.83. The molecule has 0 aromatic heterocycles. The van der Waals surface area contributed by atoms with Gasteiger partial charge in [0.25, 0.3) is 12.3 Å². The van der Waals surface area contributed by atoms with Crippen LogP contribution in [-0.2, 0) is 4.79 Å². The van der Waals surface area contributed by atoms with Gasteiger partial charge in [-0.15, -0.1) is 0 Å². The Morgan fingerprint density at radius 2 is 1.86 bits per heavy atom. The van der Waals surface area contributed by atoms with Crippen LogP contribution in [0.5, 0.6) is 0 Å². The summed E-state index contributed by atoms with van der Waals surface area (Å²) in [7, 11) is 0. The van der Waals surface area contributed by atoms with Gasteiger partial charge in [-0.1, -0.05) is 6.08 Å². The minimum Gasteiger partial charge on any atom is -0.317 e. The van der Waals surface area contributed by atoms with Gasteiger partial charge in [0.05, 0.1) is 0 Å². The SMILES string of the molecule is O=C1NC(C2CCC(C=CC(F)F)CC2)=NC12CCNCC2. The summed E-state index contributed by atoms with van der Waals surface area (Å²) in [5.41, 5.74) is -0.549. The van der Waals surface area contributed by atoms with E-state index in [-0.39, 0.29) is 17.7 Å². The molecule has 122 valence electrons. The Morgan fingerprint density at radius 3 is 2.50 bits per heavy atom. The number of nitrogens with one attached hydrogen (secondary N) is 2. The van der Waals surface area contributed by atoms with Gasteiger partial charge in [0.1, 0.15) is 11.4 Å². The summed E-state index contributed by atoms with van der Waals surface area (Å²) in [5, 5.41) is 6.26. The Labute approximate surface area is 129 Å². The Kier molecular flexibility index (Phi) is 4.57. The molecule has 0 bridgehead atoms. The van der Waals surface area contributed by atoms with Gasteiger partial charge in [0.15, 0.2) is 0 Å². The minimum atomic E-state index is -2.36. The Hall–Kier alpha value is -1.30. The van der Waals surface area contributed by atoms with E-state index in [1.54, 1.807) is 6.08 Å². The zero-order valence-corrected chi connectivity index (χ0v) is 12.7. The van der Waals surface area contributed by atoms with Crippen molar-refractivity contribution in [2.24, 2.45) is 16.8 Å². The van der Waals surface area contributed by atoms with Crippen LogP contribution >= 0.6 is 0 Å². The van der Waals surface area contributed by atoms with Gasteiger partial charge in [-0.2, -0.15) is 0 Å². The molecule has 2 aliphatic heterocycles. The fraction of sp³-hybridized carbons (Fsp3) is 0.750. The van der Waals surface area contributed by atoms with Gasteiger partial charge in [0, 0.05) is 5.92 Å². The van der Waals surface area contributed by atoms with E-state index in [1.807, 2.05) is 0 Å². The van der Waals surface area contributed by atoms with Crippen LogP contribution in [0.1, 0.15) is 38.5 Å². The van der Waals surface area contributed by atoms with Crippen LogP contribution in [0.25, 0.3) is 0 Å². The molecule has 1 spiro atoms. The van der Waals surface area contributed by atoms with Crippen LogP contribution in [0.4, 0.5) is 8.78 Å². The molecule has 22 heavy (non-hydrogen) atoms. The third-order valence-electron chi connectivity index (χ3n) is 5.12. The van der Waals surface area contributed by atoms with Crippen LogP contribution in [0, 0.1) is 11.8 Å². The number of piperidine rings is 1. The predicted molar refractivity (Wildman–Crippen MR) is 81.0 cm³/mol. The maximum atomic E-state index is 12.3.